The van der Waals surface area contributed by atoms with E-state index in [4.69, 9.17) is 15.6 Å². The van der Waals surface area contributed by atoms with Crippen LogP contribution in [0.25, 0.3) is 22.3 Å². The van der Waals surface area contributed by atoms with E-state index in [0.717, 1.165) is 36.6 Å². The third-order valence-corrected chi connectivity index (χ3v) is 6.70. The molecule has 3 heterocycles. The molecule has 0 bridgehead atoms. The number of hydrogen-bond donors (Lipinski definition) is 2. The molecule has 1 fully saturated rings. The van der Waals surface area contributed by atoms with E-state index in [1.165, 1.54) is 6.33 Å². The second-order valence-electron chi connectivity index (χ2n) is 9.83. The molecule has 0 radical (unpaired) electrons. The van der Waals surface area contributed by atoms with Crippen LogP contribution in [0.5, 0.6) is 11.5 Å². The third-order valence-electron chi connectivity index (χ3n) is 6.70. The number of rotatable bonds is 10. The van der Waals surface area contributed by atoms with Crippen molar-refractivity contribution < 1.29 is 9.53 Å². The predicted octanol–water partition coefficient (Wildman–Crippen LogP) is 3.35. The molecule has 1 saturated heterocycles. The molecule has 202 valence electrons. The van der Waals surface area contributed by atoms with Gasteiger partial charge < -0.3 is 25.6 Å². The smallest absolute Gasteiger partial charge is 0.246 e. The van der Waals surface area contributed by atoms with Gasteiger partial charge in [-0.05, 0) is 56.9 Å². The number of nitrogens with zero attached hydrogens (tertiary/aromatic N) is 6. The summed E-state index contributed by atoms with van der Waals surface area (Å²) in [4.78, 5) is 25.5. The maximum Gasteiger partial charge on any atom is 0.246 e. The minimum absolute atomic E-state index is 0.00624. The molecular formula is C29H34N8O2. The van der Waals surface area contributed by atoms with Gasteiger partial charge in [-0.3, -0.25) is 4.79 Å². The predicted molar refractivity (Wildman–Crippen MR) is 152 cm³/mol. The molecule has 2 aromatic heterocycles. The van der Waals surface area contributed by atoms with E-state index < -0.39 is 0 Å². The highest BCUT2D eigenvalue weighted by atomic mass is 16.5. The molecule has 4 aromatic rings. The van der Waals surface area contributed by atoms with Crippen molar-refractivity contribution in [2.24, 2.45) is 0 Å². The summed E-state index contributed by atoms with van der Waals surface area (Å²) in [6.45, 7) is 3.70. The van der Waals surface area contributed by atoms with Gasteiger partial charge in [-0.2, -0.15) is 5.10 Å². The fraction of sp³-hybridized carbons (Fsp3) is 0.310. The number of para-hydroxylation sites is 1. The number of benzene rings is 2. The normalized spacial score (nSPS) is 15.6. The summed E-state index contributed by atoms with van der Waals surface area (Å²) >= 11 is 0. The number of likely N-dealkylation sites (tertiary alicyclic amines) is 1. The number of ether oxygens (including phenoxy) is 1. The molecule has 0 spiro atoms. The average Bonchev–Trinajstić information content (AvgIpc) is 3.58. The summed E-state index contributed by atoms with van der Waals surface area (Å²) in [5, 5.41) is 8.96. The summed E-state index contributed by atoms with van der Waals surface area (Å²) in [6.07, 6.45) is 5.77. The zero-order chi connectivity index (χ0) is 27.2. The van der Waals surface area contributed by atoms with Gasteiger partial charge in [-0.15, -0.1) is 0 Å². The van der Waals surface area contributed by atoms with E-state index >= 15 is 0 Å². The quantitative estimate of drug-likeness (QED) is 0.239. The van der Waals surface area contributed by atoms with E-state index in [0.29, 0.717) is 42.2 Å². The topological polar surface area (TPSA) is 114 Å². The Kier molecular flexibility index (Phi) is 8.14. The Hall–Kier alpha value is -4.28. The van der Waals surface area contributed by atoms with Gasteiger partial charge in [-0.1, -0.05) is 24.3 Å². The van der Waals surface area contributed by atoms with Crippen LogP contribution in [-0.2, 0) is 4.79 Å². The Morgan fingerprint density at radius 3 is 2.67 bits per heavy atom. The number of likely N-dealkylation sites (N-methyl/N-ethyl adjacent to an activating group) is 1. The van der Waals surface area contributed by atoms with E-state index in [-0.39, 0.29) is 11.9 Å². The summed E-state index contributed by atoms with van der Waals surface area (Å²) in [5.41, 5.74) is 8.57. The highest BCUT2D eigenvalue weighted by Gasteiger charge is 2.30. The monoisotopic (exact) mass is 526 g/mol. The summed E-state index contributed by atoms with van der Waals surface area (Å²) < 4.78 is 7.83. The molecule has 5 rings (SSSR count). The van der Waals surface area contributed by atoms with Crippen molar-refractivity contribution >= 4 is 22.8 Å². The van der Waals surface area contributed by atoms with Gasteiger partial charge in [0.15, 0.2) is 5.65 Å². The van der Waals surface area contributed by atoms with Crippen molar-refractivity contribution in [1.82, 2.24) is 34.9 Å². The van der Waals surface area contributed by atoms with Crippen LogP contribution in [0.15, 0.2) is 73.1 Å². The molecule has 0 saturated carbocycles. The molecule has 2 aromatic carbocycles. The summed E-state index contributed by atoms with van der Waals surface area (Å²) in [7, 11) is 4.07. The van der Waals surface area contributed by atoms with Crippen molar-refractivity contribution in [1.29, 1.82) is 0 Å². The van der Waals surface area contributed by atoms with Crippen LogP contribution in [0.3, 0.4) is 0 Å². The Bertz CT molecular complexity index is 1430. The summed E-state index contributed by atoms with van der Waals surface area (Å²) in [5.74, 6) is 1.88. The molecule has 1 amide bonds. The van der Waals surface area contributed by atoms with Crippen molar-refractivity contribution in [3.63, 3.8) is 0 Å². The van der Waals surface area contributed by atoms with Gasteiger partial charge in [0, 0.05) is 44.4 Å². The number of fused-ring (bicyclic) bond motifs is 1. The molecule has 1 aliphatic rings. The van der Waals surface area contributed by atoms with Gasteiger partial charge in [0.1, 0.15) is 29.3 Å². The van der Waals surface area contributed by atoms with Crippen LogP contribution in [0.4, 0.5) is 5.82 Å². The van der Waals surface area contributed by atoms with Crippen molar-refractivity contribution in [3.8, 4) is 22.8 Å². The zero-order valence-electron chi connectivity index (χ0n) is 22.3. The van der Waals surface area contributed by atoms with Crippen LogP contribution < -0.4 is 15.8 Å². The highest BCUT2D eigenvalue weighted by molar-refractivity contribution is 5.98. The van der Waals surface area contributed by atoms with Gasteiger partial charge >= 0.3 is 0 Å². The zero-order valence-corrected chi connectivity index (χ0v) is 22.3. The maximum absolute atomic E-state index is 12.8. The van der Waals surface area contributed by atoms with Crippen LogP contribution in [-0.4, -0.2) is 82.3 Å². The fourth-order valence-corrected chi connectivity index (χ4v) is 4.65. The first-order valence-corrected chi connectivity index (χ1v) is 13.1. The van der Waals surface area contributed by atoms with Crippen LogP contribution in [0, 0.1) is 0 Å². The highest BCUT2D eigenvalue weighted by Crippen LogP contribution is 2.35. The lowest BCUT2D eigenvalue weighted by atomic mass is 10.1. The number of carbonyl (C=O) groups is 1. The van der Waals surface area contributed by atoms with Gasteiger partial charge in [0.2, 0.25) is 5.91 Å². The van der Waals surface area contributed by atoms with E-state index in [1.54, 1.807) is 6.08 Å². The molecule has 39 heavy (non-hydrogen) atoms. The lowest BCUT2D eigenvalue weighted by molar-refractivity contribution is -0.125. The molecule has 10 nitrogen and oxygen atoms in total. The average molecular weight is 527 g/mol. The standard InChI is InChI=1S/C29H34N8O2/c1-35(2)18-16-31-15-6-9-25(38)36-17-14-22(19-36)37-29-26(28(30)32-20-33-29)27(34-37)21-10-12-24(13-11-21)39-23-7-4-3-5-8-23/h3-13,20,22,31H,14-19H2,1-2H3,(H2,30,32,33). The number of nitrogen functional groups attached to an aromatic ring is 1. The number of aromatic nitrogens is 4. The Morgan fingerprint density at radius 1 is 1.13 bits per heavy atom. The number of carbonyl (C=O) groups excluding carboxylic acids is 1. The lowest BCUT2D eigenvalue weighted by Crippen LogP contribution is -2.28. The van der Waals surface area contributed by atoms with Crippen LogP contribution in [0.2, 0.25) is 0 Å². The molecular weight excluding hydrogens is 492 g/mol. The number of anilines is 1. The lowest BCUT2D eigenvalue weighted by Gasteiger charge is -2.15. The Morgan fingerprint density at radius 2 is 1.90 bits per heavy atom. The molecule has 0 aliphatic carbocycles. The number of nitrogens with one attached hydrogen (secondary N) is 1. The van der Waals surface area contributed by atoms with E-state index in [9.17, 15) is 4.79 Å². The van der Waals surface area contributed by atoms with Crippen molar-refractivity contribution in [2.75, 3.05) is 52.6 Å². The summed E-state index contributed by atoms with van der Waals surface area (Å²) in [6, 6.07) is 17.4. The SMILES string of the molecule is CN(C)CCNCC=CC(=O)N1CCC(n2nc(-c3ccc(Oc4ccccc4)cc3)c3c(N)ncnc32)C1. The molecule has 3 N–H and O–H groups in total. The minimum atomic E-state index is -0.00759. The molecule has 1 atom stereocenters. The number of hydrogen-bond acceptors (Lipinski definition) is 8. The van der Waals surface area contributed by atoms with Gasteiger partial charge in [-0.25, -0.2) is 14.6 Å². The van der Waals surface area contributed by atoms with Gasteiger partial charge in [0.05, 0.1) is 11.4 Å². The second kappa shape index (κ2) is 12.1. The second-order valence-corrected chi connectivity index (χ2v) is 9.83. The van der Waals surface area contributed by atoms with Crippen LogP contribution in [0.1, 0.15) is 12.5 Å². The van der Waals surface area contributed by atoms with Crippen molar-refractivity contribution in [2.45, 2.75) is 12.5 Å². The fourth-order valence-electron chi connectivity index (χ4n) is 4.65. The van der Waals surface area contributed by atoms with E-state index in [2.05, 4.69) is 20.2 Å². The van der Waals surface area contributed by atoms with Crippen molar-refractivity contribution in [3.05, 3.63) is 73.1 Å². The first-order chi connectivity index (χ1) is 19.0. The molecule has 1 aliphatic heterocycles. The maximum atomic E-state index is 12.8. The first kappa shape index (κ1) is 26.3. The largest absolute Gasteiger partial charge is 0.457 e. The Balaban J connectivity index is 1.30. The molecule has 10 heteroatoms. The van der Waals surface area contributed by atoms with Crippen LogP contribution >= 0.6 is 0 Å². The van der Waals surface area contributed by atoms with E-state index in [1.807, 2.05) is 84.4 Å². The first-order valence-electron chi connectivity index (χ1n) is 13.1. The number of nitrogens with two attached hydrogens (primary N) is 1. The minimum Gasteiger partial charge on any atom is -0.457 e. The Labute approximate surface area is 228 Å². The third kappa shape index (κ3) is 6.24. The molecule has 1 unspecified atom stereocenters. The number of amides is 1. The van der Waals surface area contributed by atoms with Gasteiger partial charge in [0.25, 0.3) is 0 Å².